The second-order valence-corrected chi connectivity index (χ2v) is 6.99. The number of hydrogen-bond acceptors (Lipinski definition) is 7. The highest BCUT2D eigenvalue weighted by Gasteiger charge is 2.20. The Bertz CT molecular complexity index is 1180. The van der Waals surface area contributed by atoms with Gasteiger partial charge in [-0.1, -0.05) is 0 Å². The van der Waals surface area contributed by atoms with Gasteiger partial charge in [0.05, 0.1) is 28.1 Å². The van der Waals surface area contributed by atoms with Crippen molar-refractivity contribution in [3.05, 3.63) is 57.1 Å². The van der Waals surface area contributed by atoms with E-state index in [-0.39, 0.29) is 27.6 Å². The molecule has 0 bridgehead atoms. The van der Waals surface area contributed by atoms with Crippen molar-refractivity contribution >= 4 is 32.5 Å². The standard InChI is InChI=1S/C15H13N3O7S/c1-17-12-5-4-10(8-14(12)25-15(17)19)26(22,23)16-11-7-9(18(20)21)3-6-13(11)24-2/h3-8,16H,1-2H3. The fourth-order valence-electron chi connectivity index (χ4n) is 2.37. The smallest absolute Gasteiger partial charge is 0.419 e. The first-order chi connectivity index (χ1) is 12.2. The second kappa shape index (κ2) is 6.19. The number of nitrogens with one attached hydrogen (secondary N) is 1. The Morgan fingerprint density at radius 2 is 1.96 bits per heavy atom. The normalized spacial score (nSPS) is 11.5. The minimum Gasteiger partial charge on any atom is -0.495 e. The van der Waals surface area contributed by atoms with E-state index in [4.69, 9.17) is 9.15 Å². The number of non-ortho nitro benzene ring substituents is 1. The van der Waals surface area contributed by atoms with Crippen LogP contribution in [-0.2, 0) is 17.1 Å². The van der Waals surface area contributed by atoms with E-state index in [1.54, 1.807) is 0 Å². The van der Waals surface area contributed by atoms with E-state index >= 15 is 0 Å². The van der Waals surface area contributed by atoms with Gasteiger partial charge in [-0.2, -0.15) is 0 Å². The van der Waals surface area contributed by atoms with Gasteiger partial charge in [-0.15, -0.1) is 0 Å². The summed E-state index contributed by atoms with van der Waals surface area (Å²) < 4.78 is 38.8. The van der Waals surface area contributed by atoms with E-state index in [1.807, 2.05) is 0 Å². The fourth-order valence-corrected chi connectivity index (χ4v) is 3.45. The number of anilines is 1. The van der Waals surface area contributed by atoms with Gasteiger partial charge >= 0.3 is 5.76 Å². The lowest BCUT2D eigenvalue weighted by Crippen LogP contribution is -2.14. The fraction of sp³-hybridized carbons (Fsp3) is 0.133. The maximum atomic E-state index is 12.6. The molecule has 0 saturated heterocycles. The quantitative estimate of drug-likeness (QED) is 0.528. The van der Waals surface area contributed by atoms with Crippen LogP contribution in [0, 0.1) is 10.1 Å². The molecule has 0 radical (unpaired) electrons. The maximum Gasteiger partial charge on any atom is 0.419 e. The van der Waals surface area contributed by atoms with Crippen LogP contribution in [0.1, 0.15) is 0 Å². The number of fused-ring (bicyclic) bond motifs is 1. The predicted octanol–water partition coefficient (Wildman–Crippen LogP) is 1.85. The molecule has 0 aliphatic heterocycles. The van der Waals surface area contributed by atoms with E-state index in [1.165, 1.54) is 49.1 Å². The zero-order valence-electron chi connectivity index (χ0n) is 13.6. The number of benzene rings is 2. The van der Waals surface area contributed by atoms with Gasteiger partial charge in [-0.05, 0) is 18.2 Å². The van der Waals surface area contributed by atoms with E-state index in [0.717, 1.165) is 6.07 Å². The molecule has 0 aliphatic carbocycles. The molecule has 1 N–H and O–H groups in total. The molecule has 1 heterocycles. The molecule has 26 heavy (non-hydrogen) atoms. The second-order valence-electron chi connectivity index (χ2n) is 5.30. The monoisotopic (exact) mass is 379 g/mol. The van der Waals surface area contributed by atoms with Gasteiger partial charge in [-0.25, -0.2) is 13.2 Å². The molecule has 0 amide bonds. The van der Waals surface area contributed by atoms with Gasteiger partial charge in [0.15, 0.2) is 5.58 Å². The minimum absolute atomic E-state index is 0.0867. The van der Waals surface area contributed by atoms with Gasteiger partial charge in [0, 0.05) is 25.2 Å². The molecule has 0 unspecified atom stereocenters. The Labute approximate surface area is 146 Å². The van der Waals surface area contributed by atoms with Crippen molar-refractivity contribution in [3.63, 3.8) is 0 Å². The number of nitro benzene ring substituents is 1. The van der Waals surface area contributed by atoms with Crippen LogP contribution in [-0.4, -0.2) is 25.0 Å². The largest absolute Gasteiger partial charge is 0.495 e. The Morgan fingerprint density at radius 3 is 2.62 bits per heavy atom. The molecular formula is C15H13N3O7S. The summed E-state index contributed by atoms with van der Waals surface area (Å²) in [6.45, 7) is 0. The van der Waals surface area contributed by atoms with Crippen molar-refractivity contribution in [1.29, 1.82) is 0 Å². The van der Waals surface area contributed by atoms with Gasteiger partial charge in [0.1, 0.15) is 5.75 Å². The number of ether oxygens (including phenoxy) is 1. The lowest BCUT2D eigenvalue weighted by atomic mass is 10.2. The summed E-state index contributed by atoms with van der Waals surface area (Å²) in [5.74, 6) is -0.505. The third kappa shape index (κ3) is 2.99. The minimum atomic E-state index is -4.11. The molecule has 136 valence electrons. The third-order valence-electron chi connectivity index (χ3n) is 3.71. The average Bonchev–Trinajstić information content (AvgIpc) is 2.88. The molecule has 1 aromatic heterocycles. The van der Waals surface area contributed by atoms with E-state index < -0.39 is 20.7 Å². The third-order valence-corrected chi connectivity index (χ3v) is 5.08. The Morgan fingerprint density at radius 1 is 1.23 bits per heavy atom. The number of hydrogen-bond donors (Lipinski definition) is 1. The van der Waals surface area contributed by atoms with Crippen molar-refractivity contribution in [2.24, 2.45) is 7.05 Å². The van der Waals surface area contributed by atoms with E-state index in [2.05, 4.69) is 4.72 Å². The highest BCUT2D eigenvalue weighted by molar-refractivity contribution is 7.92. The summed E-state index contributed by atoms with van der Waals surface area (Å²) in [6.07, 6.45) is 0. The number of rotatable bonds is 5. The van der Waals surface area contributed by atoms with Crippen molar-refractivity contribution in [2.75, 3.05) is 11.8 Å². The maximum absolute atomic E-state index is 12.6. The van der Waals surface area contributed by atoms with Crippen LogP contribution in [0.3, 0.4) is 0 Å². The predicted molar refractivity (Wildman–Crippen MR) is 91.9 cm³/mol. The van der Waals surface area contributed by atoms with Crippen LogP contribution in [0.5, 0.6) is 5.75 Å². The highest BCUT2D eigenvalue weighted by atomic mass is 32.2. The summed E-state index contributed by atoms with van der Waals surface area (Å²) in [7, 11) is -1.30. The van der Waals surface area contributed by atoms with Crippen LogP contribution < -0.4 is 15.2 Å². The molecule has 0 saturated carbocycles. The molecule has 0 spiro atoms. The first kappa shape index (κ1) is 17.5. The van der Waals surface area contributed by atoms with Gasteiger partial charge < -0.3 is 9.15 Å². The summed E-state index contributed by atoms with van der Waals surface area (Å²) in [6, 6.07) is 7.46. The first-order valence-corrected chi connectivity index (χ1v) is 8.66. The molecule has 0 aliphatic rings. The molecule has 0 atom stereocenters. The number of nitro groups is 1. The average molecular weight is 379 g/mol. The van der Waals surface area contributed by atoms with Crippen molar-refractivity contribution in [2.45, 2.75) is 4.90 Å². The molecule has 2 aromatic carbocycles. The van der Waals surface area contributed by atoms with Crippen LogP contribution in [0.4, 0.5) is 11.4 Å². The van der Waals surface area contributed by atoms with Crippen LogP contribution in [0.2, 0.25) is 0 Å². The van der Waals surface area contributed by atoms with Gasteiger partial charge in [0.25, 0.3) is 15.7 Å². The first-order valence-electron chi connectivity index (χ1n) is 7.18. The topological polar surface area (TPSA) is 134 Å². The highest BCUT2D eigenvalue weighted by Crippen LogP contribution is 2.31. The van der Waals surface area contributed by atoms with Crippen LogP contribution in [0.25, 0.3) is 11.1 Å². The summed E-state index contributed by atoms with van der Waals surface area (Å²) in [5, 5.41) is 10.9. The van der Waals surface area contributed by atoms with E-state index in [0.29, 0.717) is 5.52 Å². The molecule has 3 aromatic rings. The number of methoxy groups -OCH3 is 1. The number of aryl methyl sites for hydroxylation is 1. The van der Waals surface area contributed by atoms with Gasteiger partial charge in [-0.3, -0.25) is 19.4 Å². The number of nitrogens with zero attached hydrogens (tertiary/aromatic N) is 2. The zero-order chi connectivity index (χ0) is 19.1. The Kier molecular flexibility index (Phi) is 4.16. The number of aromatic nitrogens is 1. The SMILES string of the molecule is COc1ccc([N+](=O)[O-])cc1NS(=O)(=O)c1ccc2c(c1)oc(=O)n2C. The summed E-state index contributed by atoms with van der Waals surface area (Å²) in [5.41, 5.74) is 0.151. The summed E-state index contributed by atoms with van der Waals surface area (Å²) >= 11 is 0. The number of oxazole rings is 1. The molecule has 3 rings (SSSR count). The van der Waals surface area contributed by atoms with Gasteiger partial charge in [0.2, 0.25) is 0 Å². The lowest BCUT2D eigenvalue weighted by molar-refractivity contribution is -0.384. The van der Waals surface area contributed by atoms with Crippen molar-refractivity contribution in [3.8, 4) is 5.75 Å². The lowest BCUT2D eigenvalue weighted by Gasteiger charge is -2.11. The molecule has 11 heteroatoms. The van der Waals surface area contributed by atoms with Crippen LogP contribution in [0.15, 0.2) is 50.5 Å². The zero-order valence-corrected chi connectivity index (χ0v) is 14.4. The molecule has 10 nitrogen and oxygen atoms in total. The van der Waals surface area contributed by atoms with Crippen molar-refractivity contribution < 1.29 is 22.5 Å². The van der Waals surface area contributed by atoms with Crippen LogP contribution >= 0.6 is 0 Å². The Balaban J connectivity index is 2.05. The number of sulfonamides is 1. The molecule has 0 fully saturated rings. The Hall–Kier alpha value is -3.34. The van der Waals surface area contributed by atoms with Crippen molar-refractivity contribution in [1.82, 2.24) is 4.57 Å². The molecular weight excluding hydrogens is 366 g/mol. The summed E-state index contributed by atoms with van der Waals surface area (Å²) in [4.78, 5) is 21.6. The van der Waals surface area contributed by atoms with E-state index in [9.17, 15) is 23.3 Å².